The molecule has 1 aliphatic rings. The van der Waals surface area contributed by atoms with Gasteiger partial charge >= 0.3 is 0 Å². The number of amides is 1. The summed E-state index contributed by atoms with van der Waals surface area (Å²) in [5.74, 6) is -1.40. The average Bonchev–Trinajstić information content (AvgIpc) is 2.85. The fourth-order valence-electron chi connectivity index (χ4n) is 2.94. The van der Waals surface area contributed by atoms with Gasteiger partial charge in [-0.3, -0.25) is 4.79 Å². The lowest BCUT2D eigenvalue weighted by molar-refractivity contribution is -0.126. The van der Waals surface area contributed by atoms with Crippen molar-refractivity contribution in [2.24, 2.45) is 0 Å². The topological polar surface area (TPSA) is 49.3 Å². The molecule has 0 bridgehead atoms. The predicted octanol–water partition coefficient (Wildman–Crippen LogP) is 3.23. The molecule has 0 aromatic heterocycles. The Hall–Kier alpha value is -1.49. The number of aliphatic hydroxyl groups is 1. The van der Waals surface area contributed by atoms with Crippen LogP contribution in [0.2, 0.25) is 0 Å². The molecule has 1 saturated carbocycles. The summed E-state index contributed by atoms with van der Waals surface area (Å²) in [7, 11) is 0. The van der Waals surface area contributed by atoms with Crippen molar-refractivity contribution in [2.45, 2.75) is 57.1 Å². The molecule has 5 heteroatoms. The summed E-state index contributed by atoms with van der Waals surface area (Å²) < 4.78 is 27.0. The van der Waals surface area contributed by atoms with Crippen LogP contribution in [-0.4, -0.2) is 16.6 Å². The van der Waals surface area contributed by atoms with Gasteiger partial charge < -0.3 is 10.4 Å². The largest absolute Gasteiger partial charge is 0.389 e. The fourth-order valence-corrected chi connectivity index (χ4v) is 2.94. The van der Waals surface area contributed by atoms with E-state index in [1.54, 1.807) is 6.92 Å². The summed E-state index contributed by atoms with van der Waals surface area (Å²) in [5, 5.41) is 12.9. The predicted molar refractivity (Wildman–Crippen MR) is 75.6 cm³/mol. The van der Waals surface area contributed by atoms with Crippen molar-refractivity contribution in [1.29, 1.82) is 0 Å². The van der Waals surface area contributed by atoms with Gasteiger partial charge in [0.1, 0.15) is 11.6 Å². The number of halogens is 2. The number of nitrogens with one attached hydrogen (secondary N) is 1. The summed E-state index contributed by atoms with van der Waals surface area (Å²) in [6.45, 7) is 1.79. The monoisotopic (exact) mass is 297 g/mol. The molecule has 2 N–H and O–H groups in total. The Kier molecular flexibility index (Phi) is 4.93. The molecule has 1 atom stereocenters. The summed E-state index contributed by atoms with van der Waals surface area (Å²) in [5.41, 5.74) is -0.799. The highest BCUT2D eigenvalue weighted by Gasteiger charge is 2.34. The van der Waals surface area contributed by atoms with Crippen LogP contribution in [0.1, 0.15) is 57.1 Å². The van der Waals surface area contributed by atoms with Crippen molar-refractivity contribution in [1.82, 2.24) is 5.32 Å². The molecule has 1 aromatic carbocycles. The van der Waals surface area contributed by atoms with E-state index in [0.29, 0.717) is 19.3 Å². The van der Waals surface area contributed by atoms with Crippen molar-refractivity contribution < 1.29 is 18.7 Å². The molecule has 0 radical (unpaired) electrons. The van der Waals surface area contributed by atoms with Crippen molar-refractivity contribution in [3.05, 3.63) is 35.4 Å². The molecular weight excluding hydrogens is 276 g/mol. The molecule has 1 aliphatic carbocycles. The van der Waals surface area contributed by atoms with Crippen LogP contribution in [0.25, 0.3) is 0 Å². The zero-order valence-corrected chi connectivity index (χ0v) is 12.2. The van der Waals surface area contributed by atoms with Gasteiger partial charge in [0.15, 0.2) is 0 Å². The SMILES string of the molecule is CCC(NC(=O)CC1(O)CCCC1)c1cc(F)ccc1F. The number of carbonyl (C=O) groups is 1. The highest BCUT2D eigenvalue weighted by molar-refractivity contribution is 5.77. The average molecular weight is 297 g/mol. The molecule has 1 unspecified atom stereocenters. The summed E-state index contributed by atoms with van der Waals surface area (Å²) in [6.07, 6.45) is 3.53. The van der Waals surface area contributed by atoms with Gasteiger partial charge in [-0.15, -0.1) is 0 Å². The van der Waals surface area contributed by atoms with E-state index in [2.05, 4.69) is 5.32 Å². The molecule has 2 rings (SSSR count). The van der Waals surface area contributed by atoms with Crippen LogP contribution in [0.4, 0.5) is 8.78 Å². The number of carbonyl (C=O) groups excluding carboxylic acids is 1. The van der Waals surface area contributed by atoms with Crippen LogP contribution in [0.3, 0.4) is 0 Å². The minimum Gasteiger partial charge on any atom is -0.389 e. The van der Waals surface area contributed by atoms with Crippen LogP contribution >= 0.6 is 0 Å². The Morgan fingerprint density at radius 3 is 2.67 bits per heavy atom. The molecule has 0 spiro atoms. The zero-order valence-electron chi connectivity index (χ0n) is 12.2. The minimum absolute atomic E-state index is 0.0143. The number of hydrogen-bond acceptors (Lipinski definition) is 2. The third-order valence-corrected chi connectivity index (χ3v) is 4.10. The molecule has 0 saturated heterocycles. The molecule has 0 heterocycles. The van der Waals surface area contributed by atoms with Crippen LogP contribution in [0.15, 0.2) is 18.2 Å². The second-order valence-corrected chi connectivity index (χ2v) is 5.80. The van der Waals surface area contributed by atoms with Crippen molar-refractivity contribution in [3.8, 4) is 0 Å². The third kappa shape index (κ3) is 4.00. The molecule has 116 valence electrons. The van der Waals surface area contributed by atoms with Gasteiger partial charge in [-0.1, -0.05) is 19.8 Å². The first-order valence-electron chi connectivity index (χ1n) is 7.40. The summed E-state index contributed by atoms with van der Waals surface area (Å²) in [6, 6.07) is 2.63. The standard InChI is InChI=1S/C16H21F2NO2/c1-2-14(12-9-11(17)5-6-13(12)18)19-15(20)10-16(21)7-3-4-8-16/h5-6,9,14,21H,2-4,7-8,10H2,1H3,(H,19,20). The van der Waals surface area contributed by atoms with Crippen molar-refractivity contribution in [2.75, 3.05) is 0 Å². The van der Waals surface area contributed by atoms with Crippen LogP contribution < -0.4 is 5.32 Å². The fraction of sp³-hybridized carbons (Fsp3) is 0.562. The lowest BCUT2D eigenvalue weighted by atomic mass is 9.96. The normalized spacial score (nSPS) is 18.5. The first-order valence-corrected chi connectivity index (χ1v) is 7.40. The zero-order chi connectivity index (χ0) is 15.5. The molecule has 1 amide bonds. The summed E-state index contributed by atoms with van der Waals surface area (Å²) in [4.78, 5) is 12.1. The number of hydrogen-bond donors (Lipinski definition) is 2. The first kappa shape index (κ1) is 15.9. The van der Waals surface area contributed by atoms with Gasteiger partial charge in [0.05, 0.1) is 18.1 Å². The van der Waals surface area contributed by atoms with Gasteiger partial charge in [0.25, 0.3) is 0 Å². The number of benzene rings is 1. The van der Waals surface area contributed by atoms with Crippen molar-refractivity contribution >= 4 is 5.91 Å². The Labute approximate surface area is 123 Å². The maximum atomic E-state index is 13.8. The second-order valence-electron chi connectivity index (χ2n) is 5.80. The quantitative estimate of drug-likeness (QED) is 0.876. The van der Waals surface area contributed by atoms with E-state index < -0.39 is 23.3 Å². The molecule has 3 nitrogen and oxygen atoms in total. The second kappa shape index (κ2) is 6.52. The maximum absolute atomic E-state index is 13.8. The van der Waals surface area contributed by atoms with Crippen LogP contribution in [-0.2, 0) is 4.79 Å². The van der Waals surface area contributed by atoms with Gasteiger partial charge in [0, 0.05) is 5.56 Å². The lowest BCUT2D eigenvalue weighted by Gasteiger charge is -2.24. The Morgan fingerprint density at radius 1 is 1.38 bits per heavy atom. The Morgan fingerprint density at radius 2 is 2.05 bits per heavy atom. The van der Waals surface area contributed by atoms with E-state index in [-0.39, 0.29) is 17.9 Å². The Balaban J connectivity index is 2.04. The highest BCUT2D eigenvalue weighted by atomic mass is 19.1. The molecule has 1 fully saturated rings. The van der Waals surface area contributed by atoms with Gasteiger partial charge in [-0.05, 0) is 37.5 Å². The first-order chi connectivity index (χ1) is 9.93. The van der Waals surface area contributed by atoms with E-state index in [1.165, 1.54) is 0 Å². The van der Waals surface area contributed by atoms with E-state index in [9.17, 15) is 18.7 Å². The van der Waals surface area contributed by atoms with E-state index in [4.69, 9.17) is 0 Å². The van der Waals surface area contributed by atoms with Crippen LogP contribution in [0.5, 0.6) is 0 Å². The van der Waals surface area contributed by atoms with E-state index in [1.807, 2.05) is 0 Å². The smallest absolute Gasteiger partial charge is 0.223 e. The van der Waals surface area contributed by atoms with E-state index in [0.717, 1.165) is 31.0 Å². The third-order valence-electron chi connectivity index (χ3n) is 4.10. The van der Waals surface area contributed by atoms with Gasteiger partial charge in [0.2, 0.25) is 5.91 Å². The highest BCUT2D eigenvalue weighted by Crippen LogP contribution is 2.32. The molecule has 1 aromatic rings. The maximum Gasteiger partial charge on any atom is 0.223 e. The van der Waals surface area contributed by atoms with Gasteiger partial charge in [-0.25, -0.2) is 8.78 Å². The lowest BCUT2D eigenvalue weighted by Crippen LogP contribution is -2.36. The number of rotatable bonds is 5. The summed E-state index contributed by atoms with van der Waals surface area (Å²) >= 11 is 0. The minimum atomic E-state index is -0.942. The van der Waals surface area contributed by atoms with Crippen molar-refractivity contribution in [3.63, 3.8) is 0 Å². The molecule has 21 heavy (non-hydrogen) atoms. The Bertz CT molecular complexity index is 513. The molecular formula is C16H21F2NO2. The van der Waals surface area contributed by atoms with Crippen LogP contribution in [0, 0.1) is 11.6 Å². The van der Waals surface area contributed by atoms with E-state index >= 15 is 0 Å². The van der Waals surface area contributed by atoms with Gasteiger partial charge in [-0.2, -0.15) is 0 Å². The molecule has 0 aliphatic heterocycles.